The highest BCUT2D eigenvalue weighted by Crippen LogP contribution is 2.30. The molecular weight excluding hydrogens is 227 g/mol. The van der Waals surface area contributed by atoms with E-state index in [1.165, 1.54) is 18.9 Å². The Bertz CT molecular complexity index is 374. The molecule has 2 N–H and O–H groups in total. The summed E-state index contributed by atoms with van der Waals surface area (Å²) in [5.41, 5.74) is 7.18. The van der Waals surface area contributed by atoms with Crippen LogP contribution in [0.15, 0.2) is 12.1 Å². The lowest BCUT2D eigenvalue weighted by atomic mass is 10.2. The summed E-state index contributed by atoms with van der Waals surface area (Å²) >= 11 is 5.79. The fourth-order valence-corrected chi connectivity index (χ4v) is 2.30. The average molecular weight is 243 g/mol. The first kappa shape index (κ1) is 11.5. The predicted molar refractivity (Wildman–Crippen MR) is 66.5 cm³/mol. The van der Waals surface area contributed by atoms with Crippen LogP contribution in [0.4, 0.5) is 15.8 Å². The van der Waals surface area contributed by atoms with Gasteiger partial charge in [-0.05, 0) is 18.9 Å². The Kier molecular flexibility index (Phi) is 3.54. The Labute approximate surface area is 100 Å². The summed E-state index contributed by atoms with van der Waals surface area (Å²) in [7, 11) is 0. The van der Waals surface area contributed by atoms with Gasteiger partial charge in [0.05, 0.1) is 16.4 Å². The number of halogens is 2. The van der Waals surface area contributed by atoms with Crippen LogP contribution in [-0.4, -0.2) is 13.1 Å². The zero-order valence-corrected chi connectivity index (χ0v) is 9.93. The second-order valence-corrected chi connectivity index (χ2v) is 4.63. The Hall–Kier alpha value is -0.960. The summed E-state index contributed by atoms with van der Waals surface area (Å²) in [6, 6.07) is 2.94. The van der Waals surface area contributed by atoms with Crippen LogP contribution in [0.1, 0.15) is 25.7 Å². The Morgan fingerprint density at radius 1 is 1.12 bits per heavy atom. The molecule has 2 nitrogen and oxygen atoms in total. The molecule has 0 amide bonds. The number of nitrogens with zero attached hydrogens (tertiary/aromatic N) is 1. The van der Waals surface area contributed by atoms with Gasteiger partial charge in [-0.1, -0.05) is 24.4 Å². The lowest BCUT2D eigenvalue weighted by molar-refractivity contribution is 0.628. The molecule has 0 unspecified atom stereocenters. The Morgan fingerprint density at radius 3 is 2.38 bits per heavy atom. The van der Waals surface area contributed by atoms with Gasteiger partial charge in [-0.15, -0.1) is 0 Å². The molecule has 1 aliphatic heterocycles. The molecule has 0 bridgehead atoms. The minimum absolute atomic E-state index is 0.147. The minimum Gasteiger partial charge on any atom is -0.397 e. The SMILES string of the molecule is Nc1cc(F)c(Cl)cc1N1CCCCCC1. The summed E-state index contributed by atoms with van der Waals surface area (Å²) in [5, 5.41) is 0.147. The molecule has 0 spiro atoms. The van der Waals surface area contributed by atoms with Crippen molar-refractivity contribution in [3.63, 3.8) is 0 Å². The van der Waals surface area contributed by atoms with Gasteiger partial charge in [-0.3, -0.25) is 0 Å². The molecule has 1 aromatic carbocycles. The molecule has 16 heavy (non-hydrogen) atoms. The van der Waals surface area contributed by atoms with Crippen molar-refractivity contribution in [1.29, 1.82) is 0 Å². The molecule has 88 valence electrons. The normalized spacial score (nSPS) is 17.2. The van der Waals surface area contributed by atoms with Crippen LogP contribution in [0, 0.1) is 5.82 Å². The molecule has 1 aromatic rings. The second kappa shape index (κ2) is 4.91. The van der Waals surface area contributed by atoms with Crippen molar-refractivity contribution in [2.75, 3.05) is 23.7 Å². The van der Waals surface area contributed by atoms with Crippen LogP contribution in [0.5, 0.6) is 0 Å². The van der Waals surface area contributed by atoms with E-state index in [1.807, 2.05) is 0 Å². The van der Waals surface area contributed by atoms with E-state index in [0.717, 1.165) is 31.6 Å². The standard InChI is InChI=1S/C12H16ClFN2/c13-9-7-12(11(15)8-10(9)14)16-5-3-1-2-4-6-16/h7-8H,1-6,15H2. The summed E-state index contributed by atoms with van der Waals surface area (Å²) < 4.78 is 13.2. The highest BCUT2D eigenvalue weighted by Gasteiger charge is 2.14. The molecular formula is C12H16ClFN2. The number of hydrogen-bond donors (Lipinski definition) is 1. The molecule has 0 aromatic heterocycles. The maximum absolute atomic E-state index is 13.2. The third-order valence-electron chi connectivity index (χ3n) is 3.02. The lowest BCUT2D eigenvalue weighted by Gasteiger charge is -2.24. The van der Waals surface area contributed by atoms with Crippen molar-refractivity contribution in [2.45, 2.75) is 25.7 Å². The van der Waals surface area contributed by atoms with Crippen LogP contribution in [0.25, 0.3) is 0 Å². The largest absolute Gasteiger partial charge is 0.397 e. The molecule has 0 atom stereocenters. The first-order valence-electron chi connectivity index (χ1n) is 5.68. The van der Waals surface area contributed by atoms with Crippen molar-refractivity contribution >= 4 is 23.0 Å². The third kappa shape index (κ3) is 2.40. The monoisotopic (exact) mass is 242 g/mol. The molecule has 1 fully saturated rings. The number of rotatable bonds is 1. The summed E-state index contributed by atoms with van der Waals surface area (Å²) in [5.74, 6) is -0.447. The van der Waals surface area contributed by atoms with Crippen LogP contribution < -0.4 is 10.6 Å². The van der Waals surface area contributed by atoms with Gasteiger partial charge in [-0.2, -0.15) is 0 Å². The molecule has 1 heterocycles. The molecule has 0 aliphatic carbocycles. The Morgan fingerprint density at radius 2 is 1.75 bits per heavy atom. The fourth-order valence-electron chi connectivity index (χ4n) is 2.14. The van der Waals surface area contributed by atoms with E-state index in [2.05, 4.69) is 4.90 Å². The number of nitrogens with two attached hydrogens (primary N) is 1. The number of anilines is 2. The van der Waals surface area contributed by atoms with Crippen LogP contribution >= 0.6 is 11.6 Å². The number of hydrogen-bond acceptors (Lipinski definition) is 2. The van der Waals surface area contributed by atoms with Crippen molar-refractivity contribution in [2.24, 2.45) is 0 Å². The minimum atomic E-state index is -0.447. The second-order valence-electron chi connectivity index (χ2n) is 4.23. The topological polar surface area (TPSA) is 29.3 Å². The van der Waals surface area contributed by atoms with Crippen LogP contribution in [0.3, 0.4) is 0 Å². The van der Waals surface area contributed by atoms with Crippen molar-refractivity contribution in [1.82, 2.24) is 0 Å². The molecule has 1 saturated heterocycles. The van der Waals surface area contributed by atoms with Crippen molar-refractivity contribution < 1.29 is 4.39 Å². The van der Waals surface area contributed by atoms with E-state index in [0.29, 0.717) is 5.69 Å². The smallest absolute Gasteiger partial charge is 0.143 e. The quantitative estimate of drug-likeness (QED) is 0.765. The summed E-state index contributed by atoms with van der Waals surface area (Å²) in [4.78, 5) is 2.20. The van der Waals surface area contributed by atoms with Gasteiger partial charge in [-0.25, -0.2) is 4.39 Å². The van der Waals surface area contributed by atoms with Crippen molar-refractivity contribution in [3.05, 3.63) is 23.0 Å². The van der Waals surface area contributed by atoms with Gasteiger partial charge in [0.2, 0.25) is 0 Å². The van der Waals surface area contributed by atoms with Gasteiger partial charge in [0.15, 0.2) is 0 Å². The van der Waals surface area contributed by atoms with E-state index in [9.17, 15) is 4.39 Å². The molecule has 2 rings (SSSR count). The molecule has 1 aliphatic rings. The van der Waals surface area contributed by atoms with E-state index in [1.54, 1.807) is 6.07 Å². The number of nitrogen functional groups attached to an aromatic ring is 1. The van der Waals surface area contributed by atoms with Gasteiger partial charge >= 0.3 is 0 Å². The highest BCUT2D eigenvalue weighted by atomic mass is 35.5. The predicted octanol–water partition coefficient (Wildman–Crippen LogP) is 3.44. The van der Waals surface area contributed by atoms with Crippen LogP contribution in [-0.2, 0) is 0 Å². The molecule has 4 heteroatoms. The van der Waals surface area contributed by atoms with Gasteiger partial charge in [0.1, 0.15) is 5.82 Å². The number of benzene rings is 1. The highest BCUT2D eigenvalue weighted by molar-refractivity contribution is 6.31. The van der Waals surface area contributed by atoms with Gasteiger partial charge < -0.3 is 10.6 Å². The third-order valence-corrected chi connectivity index (χ3v) is 3.31. The Balaban J connectivity index is 2.27. The molecule has 0 radical (unpaired) electrons. The zero-order chi connectivity index (χ0) is 11.5. The first-order valence-corrected chi connectivity index (χ1v) is 6.06. The fraction of sp³-hybridized carbons (Fsp3) is 0.500. The maximum Gasteiger partial charge on any atom is 0.143 e. The van der Waals surface area contributed by atoms with Gasteiger partial charge in [0, 0.05) is 19.2 Å². The zero-order valence-electron chi connectivity index (χ0n) is 9.18. The first-order chi connectivity index (χ1) is 7.68. The van der Waals surface area contributed by atoms with Crippen LogP contribution in [0.2, 0.25) is 5.02 Å². The van der Waals surface area contributed by atoms with E-state index in [4.69, 9.17) is 17.3 Å². The van der Waals surface area contributed by atoms with E-state index >= 15 is 0 Å². The van der Waals surface area contributed by atoms with E-state index < -0.39 is 5.82 Å². The summed E-state index contributed by atoms with van der Waals surface area (Å²) in [6.07, 6.45) is 4.83. The summed E-state index contributed by atoms with van der Waals surface area (Å²) in [6.45, 7) is 1.96. The van der Waals surface area contributed by atoms with Crippen molar-refractivity contribution in [3.8, 4) is 0 Å². The van der Waals surface area contributed by atoms with Gasteiger partial charge in [0.25, 0.3) is 0 Å². The average Bonchev–Trinajstić information content (AvgIpc) is 2.52. The maximum atomic E-state index is 13.2. The lowest BCUT2D eigenvalue weighted by Crippen LogP contribution is -2.24. The van der Waals surface area contributed by atoms with E-state index in [-0.39, 0.29) is 5.02 Å². The molecule has 0 saturated carbocycles.